The first kappa shape index (κ1) is 16.0. The molecule has 0 aliphatic carbocycles. The number of benzene rings is 1. The standard InChI is InChI=1S/C13H6ClF4NO3/c14-8-1-5(4-19-11(8)16)6-2-9(15)7(12(20)21)3-10(6)22-13(17)18/h1-4,13H,(H,20,21). The summed E-state index contributed by atoms with van der Waals surface area (Å²) < 4.78 is 55.8. The van der Waals surface area contributed by atoms with Gasteiger partial charge < -0.3 is 9.84 Å². The van der Waals surface area contributed by atoms with Crippen LogP contribution in [0.25, 0.3) is 11.1 Å². The molecule has 116 valence electrons. The number of aromatic nitrogens is 1. The zero-order valence-electron chi connectivity index (χ0n) is 10.5. The molecule has 0 unspecified atom stereocenters. The lowest BCUT2D eigenvalue weighted by Gasteiger charge is -2.12. The highest BCUT2D eigenvalue weighted by atomic mass is 35.5. The molecule has 0 atom stereocenters. The number of halogens is 5. The fourth-order valence-electron chi connectivity index (χ4n) is 1.70. The van der Waals surface area contributed by atoms with E-state index in [4.69, 9.17) is 16.7 Å². The van der Waals surface area contributed by atoms with Crippen LogP contribution < -0.4 is 4.74 Å². The van der Waals surface area contributed by atoms with Crippen molar-refractivity contribution in [2.75, 3.05) is 0 Å². The van der Waals surface area contributed by atoms with Gasteiger partial charge in [0, 0.05) is 17.3 Å². The summed E-state index contributed by atoms with van der Waals surface area (Å²) in [6, 6.07) is 2.31. The van der Waals surface area contributed by atoms with Gasteiger partial charge in [-0.05, 0) is 18.2 Å². The first-order valence-electron chi connectivity index (χ1n) is 5.62. The Labute approximate surface area is 125 Å². The van der Waals surface area contributed by atoms with Crippen LogP contribution in [0.5, 0.6) is 5.75 Å². The summed E-state index contributed by atoms with van der Waals surface area (Å²) in [7, 11) is 0. The maximum absolute atomic E-state index is 13.7. The van der Waals surface area contributed by atoms with Crippen molar-refractivity contribution in [2.45, 2.75) is 6.61 Å². The Morgan fingerprint density at radius 3 is 2.50 bits per heavy atom. The van der Waals surface area contributed by atoms with Crippen LogP contribution in [0.15, 0.2) is 24.4 Å². The van der Waals surface area contributed by atoms with Crippen LogP contribution >= 0.6 is 11.6 Å². The number of carboxylic acid groups (broad SMARTS) is 1. The molecular weight excluding hydrogens is 330 g/mol. The Morgan fingerprint density at radius 1 is 1.27 bits per heavy atom. The average Bonchev–Trinajstić information content (AvgIpc) is 2.42. The molecular formula is C13H6ClF4NO3. The number of nitrogens with zero attached hydrogens (tertiary/aromatic N) is 1. The summed E-state index contributed by atoms with van der Waals surface area (Å²) in [5, 5.41) is 8.39. The van der Waals surface area contributed by atoms with E-state index in [1.807, 2.05) is 0 Å². The lowest BCUT2D eigenvalue weighted by molar-refractivity contribution is -0.0495. The number of hydrogen-bond donors (Lipinski definition) is 1. The Bertz CT molecular complexity index is 739. The van der Waals surface area contributed by atoms with Gasteiger partial charge in [0.25, 0.3) is 0 Å². The van der Waals surface area contributed by atoms with E-state index in [-0.39, 0.29) is 11.1 Å². The maximum Gasteiger partial charge on any atom is 0.387 e. The highest BCUT2D eigenvalue weighted by molar-refractivity contribution is 6.30. The lowest BCUT2D eigenvalue weighted by atomic mass is 10.0. The number of pyridine rings is 1. The zero-order chi connectivity index (χ0) is 16.4. The van der Waals surface area contributed by atoms with Crippen LogP contribution in [0.3, 0.4) is 0 Å². The van der Waals surface area contributed by atoms with Gasteiger partial charge in [-0.2, -0.15) is 13.2 Å². The van der Waals surface area contributed by atoms with Crippen molar-refractivity contribution in [3.63, 3.8) is 0 Å². The van der Waals surface area contributed by atoms with Gasteiger partial charge in [-0.25, -0.2) is 14.2 Å². The van der Waals surface area contributed by atoms with Crippen LogP contribution in [-0.2, 0) is 0 Å². The van der Waals surface area contributed by atoms with E-state index in [1.165, 1.54) is 0 Å². The average molecular weight is 336 g/mol. The molecule has 0 fully saturated rings. The van der Waals surface area contributed by atoms with E-state index < -0.39 is 40.7 Å². The smallest absolute Gasteiger partial charge is 0.387 e. The SMILES string of the molecule is O=C(O)c1cc(OC(F)F)c(-c2cnc(F)c(Cl)c2)cc1F. The minimum absolute atomic E-state index is 0.0158. The Kier molecular flexibility index (Phi) is 4.51. The molecule has 0 saturated heterocycles. The van der Waals surface area contributed by atoms with Crippen molar-refractivity contribution in [3.05, 3.63) is 46.7 Å². The number of alkyl halides is 2. The maximum atomic E-state index is 13.7. The van der Waals surface area contributed by atoms with Gasteiger partial charge in [-0.15, -0.1) is 0 Å². The first-order valence-corrected chi connectivity index (χ1v) is 6.00. The molecule has 0 bridgehead atoms. The molecule has 1 N–H and O–H groups in total. The minimum Gasteiger partial charge on any atom is -0.478 e. The third-order valence-corrected chi connectivity index (χ3v) is 2.89. The molecule has 1 aromatic carbocycles. The lowest BCUT2D eigenvalue weighted by Crippen LogP contribution is -2.07. The molecule has 2 rings (SSSR count). The third-order valence-electron chi connectivity index (χ3n) is 2.62. The van der Waals surface area contributed by atoms with Gasteiger partial charge in [0.1, 0.15) is 11.6 Å². The van der Waals surface area contributed by atoms with E-state index >= 15 is 0 Å². The molecule has 4 nitrogen and oxygen atoms in total. The molecule has 0 saturated carbocycles. The second-order valence-corrected chi connectivity index (χ2v) is 4.42. The van der Waals surface area contributed by atoms with E-state index in [1.54, 1.807) is 0 Å². The number of aromatic carboxylic acids is 1. The van der Waals surface area contributed by atoms with Crippen LogP contribution in [0.1, 0.15) is 10.4 Å². The molecule has 9 heteroatoms. The molecule has 22 heavy (non-hydrogen) atoms. The zero-order valence-corrected chi connectivity index (χ0v) is 11.2. The number of carboxylic acids is 1. The number of rotatable bonds is 4. The van der Waals surface area contributed by atoms with E-state index in [0.717, 1.165) is 12.3 Å². The topological polar surface area (TPSA) is 59.4 Å². The van der Waals surface area contributed by atoms with Crippen molar-refractivity contribution < 1.29 is 32.2 Å². The largest absolute Gasteiger partial charge is 0.478 e. The van der Waals surface area contributed by atoms with Crippen molar-refractivity contribution in [2.24, 2.45) is 0 Å². The van der Waals surface area contributed by atoms with Gasteiger partial charge in [-0.3, -0.25) is 0 Å². The molecule has 1 heterocycles. The highest BCUT2D eigenvalue weighted by Gasteiger charge is 2.20. The summed E-state index contributed by atoms with van der Waals surface area (Å²) in [5.41, 5.74) is -1.10. The Hall–Kier alpha value is -2.35. The predicted octanol–water partition coefficient (Wildman–Crippen LogP) is 3.98. The number of hydrogen-bond acceptors (Lipinski definition) is 3. The summed E-state index contributed by atoms with van der Waals surface area (Å²) in [6.45, 7) is -3.27. The Morgan fingerprint density at radius 2 is 1.95 bits per heavy atom. The number of ether oxygens (including phenoxy) is 1. The van der Waals surface area contributed by atoms with Gasteiger partial charge in [0.05, 0.1) is 10.6 Å². The Balaban J connectivity index is 2.64. The minimum atomic E-state index is -3.27. The fourth-order valence-corrected chi connectivity index (χ4v) is 1.87. The summed E-state index contributed by atoms with van der Waals surface area (Å²) >= 11 is 5.53. The van der Waals surface area contributed by atoms with Crippen molar-refractivity contribution >= 4 is 17.6 Å². The molecule has 0 amide bonds. The van der Waals surface area contributed by atoms with Crippen molar-refractivity contribution in [1.29, 1.82) is 0 Å². The molecule has 2 aromatic rings. The van der Waals surface area contributed by atoms with Crippen LogP contribution in [0.4, 0.5) is 17.6 Å². The van der Waals surface area contributed by atoms with E-state index in [2.05, 4.69) is 9.72 Å². The second-order valence-electron chi connectivity index (χ2n) is 4.01. The van der Waals surface area contributed by atoms with E-state index in [9.17, 15) is 22.4 Å². The first-order chi connectivity index (χ1) is 10.3. The molecule has 0 spiro atoms. The predicted molar refractivity (Wildman–Crippen MR) is 68.2 cm³/mol. The van der Waals surface area contributed by atoms with Crippen LogP contribution in [0, 0.1) is 11.8 Å². The quantitative estimate of drug-likeness (QED) is 0.678. The van der Waals surface area contributed by atoms with Crippen molar-refractivity contribution in [3.8, 4) is 16.9 Å². The highest BCUT2D eigenvalue weighted by Crippen LogP contribution is 2.34. The van der Waals surface area contributed by atoms with Gasteiger partial charge in [-0.1, -0.05) is 11.6 Å². The van der Waals surface area contributed by atoms with Gasteiger partial charge in [0.2, 0.25) is 5.95 Å². The van der Waals surface area contributed by atoms with Crippen molar-refractivity contribution in [1.82, 2.24) is 4.98 Å². The van der Waals surface area contributed by atoms with Gasteiger partial charge in [0.15, 0.2) is 0 Å². The molecule has 0 aliphatic heterocycles. The van der Waals surface area contributed by atoms with Crippen LogP contribution in [0.2, 0.25) is 5.02 Å². The molecule has 0 radical (unpaired) electrons. The molecule has 0 aliphatic rings. The molecule has 1 aromatic heterocycles. The summed E-state index contributed by atoms with van der Waals surface area (Å²) in [5.74, 6) is -4.43. The van der Waals surface area contributed by atoms with E-state index in [0.29, 0.717) is 12.1 Å². The van der Waals surface area contributed by atoms with Crippen LogP contribution in [-0.4, -0.2) is 22.7 Å². The normalized spacial score (nSPS) is 10.8. The summed E-state index contributed by atoms with van der Waals surface area (Å²) in [4.78, 5) is 14.1. The monoisotopic (exact) mass is 335 g/mol. The summed E-state index contributed by atoms with van der Waals surface area (Å²) in [6.07, 6.45) is 0.925. The fraction of sp³-hybridized carbons (Fsp3) is 0.0769. The third kappa shape index (κ3) is 3.28. The number of carbonyl (C=O) groups is 1. The van der Waals surface area contributed by atoms with Gasteiger partial charge >= 0.3 is 12.6 Å². The second kappa shape index (κ2) is 6.18.